The molecule has 0 saturated heterocycles. The third kappa shape index (κ3) is 4.62. The summed E-state index contributed by atoms with van der Waals surface area (Å²) in [6.45, 7) is 6.96. The van der Waals surface area contributed by atoms with Crippen molar-refractivity contribution in [3.05, 3.63) is 95.6 Å². The fraction of sp³-hybridized carbons (Fsp3) is 0.208. The zero-order valence-corrected chi connectivity index (χ0v) is 17.3. The molecule has 0 spiro atoms. The molecule has 0 fully saturated rings. The van der Waals surface area contributed by atoms with Crippen molar-refractivity contribution in [2.45, 2.75) is 32.8 Å². The van der Waals surface area contributed by atoms with E-state index in [2.05, 4.69) is 75.4 Å². The lowest BCUT2D eigenvalue weighted by Crippen LogP contribution is -2.44. The van der Waals surface area contributed by atoms with Gasteiger partial charge in [-0.1, -0.05) is 99.6 Å². The van der Waals surface area contributed by atoms with E-state index in [1.807, 2.05) is 24.3 Å². The van der Waals surface area contributed by atoms with Gasteiger partial charge < -0.3 is 4.43 Å². The SMILES string of the molecule is CC(C)(C)c1cccc(C=O)c1CO[SiH](c1ccccc1)c1ccccc1. The number of carbonyl (C=O) groups is 1. The van der Waals surface area contributed by atoms with Crippen molar-refractivity contribution in [2.24, 2.45) is 0 Å². The minimum atomic E-state index is -1.84. The summed E-state index contributed by atoms with van der Waals surface area (Å²) in [6.07, 6.45) is 0.940. The molecule has 27 heavy (non-hydrogen) atoms. The summed E-state index contributed by atoms with van der Waals surface area (Å²) in [4.78, 5) is 11.6. The average molecular weight is 375 g/mol. The van der Waals surface area contributed by atoms with Gasteiger partial charge in [0.1, 0.15) is 6.29 Å². The highest BCUT2D eigenvalue weighted by molar-refractivity contribution is 6.80. The number of carbonyl (C=O) groups excluding carboxylic acids is 1. The summed E-state index contributed by atoms with van der Waals surface area (Å²) < 4.78 is 6.56. The fourth-order valence-corrected chi connectivity index (χ4v) is 5.63. The second-order valence-electron chi connectivity index (χ2n) is 7.75. The van der Waals surface area contributed by atoms with Crippen LogP contribution >= 0.6 is 0 Å². The number of hydrogen-bond donors (Lipinski definition) is 0. The predicted molar refractivity (Wildman–Crippen MR) is 115 cm³/mol. The van der Waals surface area contributed by atoms with Crippen molar-refractivity contribution < 1.29 is 9.22 Å². The monoisotopic (exact) mass is 374 g/mol. The minimum absolute atomic E-state index is 0.0474. The minimum Gasteiger partial charge on any atom is -0.407 e. The first-order chi connectivity index (χ1) is 13.0. The standard InChI is InChI=1S/C24H26O2Si/c1-24(2,3)23-16-10-11-19(17-25)22(23)18-26-27(20-12-6-4-7-13-20)21-14-8-5-9-15-21/h4-17,27H,18H2,1-3H3. The van der Waals surface area contributed by atoms with Gasteiger partial charge in [0, 0.05) is 5.56 Å². The van der Waals surface area contributed by atoms with E-state index >= 15 is 0 Å². The molecule has 0 aliphatic rings. The molecule has 0 atom stereocenters. The maximum absolute atomic E-state index is 11.6. The predicted octanol–water partition coefficient (Wildman–Crippen LogP) is 3.85. The van der Waals surface area contributed by atoms with Crippen molar-refractivity contribution in [1.82, 2.24) is 0 Å². The molecule has 0 aliphatic heterocycles. The summed E-state index contributed by atoms with van der Waals surface area (Å²) in [5.41, 5.74) is 2.84. The zero-order chi connectivity index (χ0) is 19.3. The van der Waals surface area contributed by atoms with Crippen molar-refractivity contribution in [2.75, 3.05) is 0 Å². The molecule has 0 radical (unpaired) electrons. The molecular formula is C24H26O2Si. The molecule has 3 aromatic rings. The molecule has 3 rings (SSSR count). The second kappa shape index (κ2) is 8.46. The molecule has 0 saturated carbocycles. The zero-order valence-electron chi connectivity index (χ0n) is 16.2. The molecular weight excluding hydrogens is 348 g/mol. The van der Waals surface area contributed by atoms with Crippen LogP contribution in [-0.2, 0) is 16.4 Å². The van der Waals surface area contributed by atoms with Gasteiger partial charge in [-0.15, -0.1) is 0 Å². The van der Waals surface area contributed by atoms with Crippen LogP contribution in [0.25, 0.3) is 0 Å². The molecule has 0 aliphatic carbocycles. The van der Waals surface area contributed by atoms with E-state index in [1.165, 1.54) is 15.9 Å². The highest BCUT2D eigenvalue weighted by Crippen LogP contribution is 2.28. The van der Waals surface area contributed by atoms with Crippen LogP contribution in [-0.4, -0.2) is 15.3 Å². The third-order valence-electron chi connectivity index (χ3n) is 4.75. The Labute approximate surface area is 163 Å². The largest absolute Gasteiger partial charge is 0.407 e. The Morgan fingerprint density at radius 3 is 1.85 bits per heavy atom. The van der Waals surface area contributed by atoms with Crippen LogP contribution in [0.1, 0.15) is 42.3 Å². The fourth-order valence-electron chi connectivity index (χ4n) is 3.39. The van der Waals surface area contributed by atoms with Gasteiger partial charge in [0.2, 0.25) is 9.04 Å². The van der Waals surface area contributed by atoms with Gasteiger partial charge in [-0.25, -0.2) is 0 Å². The smallest absolute Gasteiger partial charge is 0.240 e. The summed E-state index contributed by atoms with van der Waals surface area (Å²) in [7, 11) is -1.84. The topological polar surface area (TPSA) is 26.3 Å². The Kier molecular flexibility index (Phi) is 6.04. The Bertz CT molecular complexity index is 844. The molecule has 0 unspecified atom stereocenters. The highest BCUT2D eigenvalue weighted by Gasteiger charge is 2.23. The van der Waals surface area contributed by atoms with E-state index in [0.29, 0.717) is 6.61 Å². The maximum Gasteiger partial charge on any atom is 0.240 e. The lowest BCUT2D eigenvalue weighted by atomic mass is 9.82. The van der Waals surface area contributed by atoms with Gasteiger partial charge in [-0.2, -0.15) is 0 Å². The quantitative estimate of drug-likeness (QED) is 0.484. The Balaban J connectivity index is 1.97. The Morgan fingerprint density at radius 2 is 1.37 bits per heavy atom. The highest BCUT2D eigenvalue weighted by atomic mass is 28.3. The van der Waals surface area contributed by atoms with Crippen molar-refractivity contribution in [1.29, 1.82) is 0 Å². The summed E-state index contributed by atoms with van der Waals surface area (Å²) in [5, 5.41) is 2.48. The lowest BCUT2D eigenvalue weighted by Gasteiger charge is -2.25. The van der Waals surface area contributed by atoms with Crippen LogP contribution in [0.4, 0.5) is 0 Å². The van der Waals surface area contributed by atoms with Crippen LogP contribution in [0, 0.1) is 0 Å². The second-order valence-corrected chi connectivity index (χ2v) is 10.2. The van der Waals surface area contributed by atoms with Crippen LogP contribution in [0.2, 0.25) is 0 Å². The third-order valence-corrected chi connectivity index (χ3v) is 7.23. The molecule has 0 N–H and O–H groups in total. The maximum atomic E-state index is 11.6. The van der Waals surface area contributed by atoms with Crippen molar-refractivity contribution >= 4 is 25.7 Å². The number of benzene rings is 3. The van der Waals surface area contributed by atoms with Gasteiger partial charge in [-0.3, -0.25) is 4.79 Å². The summed E-state index contributed by atoms with van der Waals surface area (Å²) >= 11 is 0. The van der Waals surface area contributed by atoms with E-state index in [4.69, 9.17) is 4.43 Å². The Morgan fingerprint density at radius 1 is 0.815 bits per heavy atom. The molecule has 3 aromatic carbocycles. The van der Waals surface area contributed by atoms with E-state index in [0.717, 1.165) is 17.4 Å². The van der Waals surface area contributed by atoms with Crippen LogP contribution in [0.3, 0.4) is 0 Å². The van der Waals surface area contributed by atoms with Gasteiger partial charge in [-0.05, 0) is 26.9 Å². The number of rotatable bonds is 6. The normalized spacial score (nSPS) is 11.6. The first-order valence-electron chi connectivity index (χ1n) is 9.30. The molecule has 3 heteroatoms. The van der Waals surface area contributed by atoms with E-state index < -0.39 is 9.04 Å². The number of hydrogen-bond acceptors (Lipinski definition) is 2. The van der Waals surface area contributed by atoms with Gasteiger partial charge in [0.05, 0.1) is 6.61 Å². The molecule has 0 bridgehead atoms. The molecule has 0 amide bonds. The first-order valence-corrected chi connectivity index (χ1v) is 10.9. The van der Waals surface area contributed by atoms with Gasteiger partial charge in [0.15, 0.2) is 0 Å². The molecule has 2 nitrogen and oxygen atoms in total. The van der Waals surface area contributed by atoms with Crippen molar-refractivity contribution in [3.8, 4) is 0 Å². The van der Waals surface area contributed by atoms with Gasteiger partial charge >= 0.3 is 0 Å². The summed E-state index contributed by atoms with van der Waals surface area (Å²) in [6, 6.07) is 26.8. The average Bonchev–Trinajstić information content (AvgIpc) is 2.69. The molecule has 0 aromatic heterocycles. The van der Waals surface area contributed by atoms with E-state index in [9.17, 15) is 4.79 Å². The molecule has 138 valence electrons. The van der Waals surface area contributed by atoms with Crippen LogP contribution < -0.4 is 10.4 Å². The molecule has 0 heterocycles. The van der Waals surface area contributed by atoms with E-state index in [1.54, 1.807) is 0 Å². The Hall–Kier alpha value is -2.49. The number of aldehydes is 1. The lowest BCUT2D eigenvalue weighted by molar-refractivity contribution is 0.112. The first kappa shape index (κ1) is 19.3. The van der Waals surface area contributed by atoms with Gasteiger partial charge in [0.25, 0.3) is 0 Å². The van der Waals surface area contributed by atoms with Crippen LogP contribution in [0.15, 0.2) is 78.9 Å². The van der Waals surface area contributed by atoms with Crippen LogP contribution in [0.5, 0.6) is 0 Å². The summed E-state index contributed by atoms with van der Waals surface area (Å²) in [5.74, 6) is 0. The van der Waals surface area contributed by atoms with E-state index in [-0.39, 0.29) is 5.41 Å². The van der Waals surface area contributed by atoms with Crippen molar-refractivity contribution in [3.63, 3.8) is 0 Å².